The van der Waals surface area contributed by atoms with Crippen molar-refractivity contribution in [2.24, 2.45) is 28.1 Å². The molecule has 3 fully saturated rings. The molecular formula is C15H24O. The van der Waals surface area contributed by atoms with Gasteiger partial charge in [-0.25, -0.2) is 0 Å². The van der Waals surface area contributed by atoms with Gasteiger partial charge in [0.05, 0.1) is 0 Å². The molecule has 16 heavy (non-hydrogen) atoms. The zero-order valence-corrected chi connectivity index (χ0v) is 11.1. The van der Waals surface area contributed by atoms with Gasteiger partial charge in [0.25, 0.3) is 0 Å². The summed E-state index contributed by atoms with van der Waals surface area (Å²) in [6.45, 7) is 9.48. The van der Waals surface area contributed by atoms with E-state index < -0.39 is 0 Å². The topological polar surface area (TPSA) is 17.1 Å². The summed E-state index contributed by atoms with van der Waals surface area (Å²) in [5.74, 6) is 1.58. The van der Waals surface area contributed by atoms with Crippen molar-refractivity contribution in [3.63, 3.8) is 0 Å². The number of ketones is 1. The standard InChI is InChI=1S/C15H24O/c1-10-11-8-15(11)13(2,3)6-5-7-14(15,4)9-12(10)16/h10-11H,5-9H2,1-4H3/t10-,11?,14-,15-/m0/s1. The van der Waals surface area contributed by atoms with Crippen LogP contribution >= 0.6 is 0 Å². The van der Waals surface area contributed by atoms with E-state index >= 15 is 0 Å². The second-order valence-electron chi connectivity index (χ2n) is 7.51. The molecule has 0 aromatic carbocycles. The van der Waals surface area contributed by atoms with E-state index in [1.54, 1.807) is 0 Å². The number of hydrogen-bond acceptors (Lipinski definition) is 1. The summed E-state index contributed by atoms with van der Waals surface area (Å²) in [5, 5.41) is 0. The zero-order chi connectivity index (χ0) is 11.8. The Balaban J connectivity index is 2.06. The lowest BCUT2D eigenvalue weighted by atomic mass is 9.48. The number of hydrogen-bond donors (Lipinski definition) is 0. The van der Waals surface area contributed by atoms with E-state index in [0.29, 0.717) is 33.9 Å². The summed E-state index contributed by atoms with van der Waals surface area (Å²) in [7, 11) is 0. The minimum Gasteiger partial charge on any atom is -0.299 e. The van der Waals surface area contributed by atoms with Crippen molar-refractivity contribution in [3.05, 3.63) is 0 Å². The molecule has 0 N–H and O–H groups in total. The highest BCUT2D eigenvalue weighted by molar-refractivity contribution is 5.84. The fourth-order valence-corrected chi connectivity index (χ4v) is 5.56. The molecule has 0 aliphatic heterocycles. The molecule has 0 aromatic rings. The van der Waals surface area contributed by atoms with Crippen LogP contribution in [0.1, 0.15) is 59.8 Å². The molecule has 1 nitrogen and oxygen atoms in total. The maximum atomic E-state index is 12.1. The van der Waals surface area contributed by atoms with E-state index in [1.807, 2.05) is 0 Å². The molecule has 3 rings (SSSR count). The van der Waals surface area contributed by atoms with Crippen molar-refractivity contribution in [3.8, 4) is 0 Å². The summed E-state index contributed by atoms with van der Waals surface area (Å²) in [6.07, 6.45) is 6.14. The van der Waals surface area contributed by atoms with Gasteiger partial charge in [-0.3, -0.25) is 4.79 Å². The molecule has 0 saturated heterocycles. The van der Waals surface area contributed by atoms with Gasteiger partial charge in [0, 0.05) is 12.3 Å². The Morgan fingerprint density at radius 1 is 1.19 bits per heavy atom. The number of rotatable bonds is 0. The van der Waals surface area contributed by atoms with Crippen LogP contribution in [0.5, 0.6) is 0 Å². The first-order valence-corrected chi connectivity index (χ1v) is 6.87. The molecule has 0 radical (unpaired) electrons. The van der Waals surface area contributed by atoms with Crippen molar-refractivity contribution < 1.29 is 4.79 Å². The molecule has 3 aliphatic carbocycles. The molecule has 0 aromatic heterocycles. The smallest absolute Gasteiger partial charge is 0.136 e. The highest BCUT2D eigenvalue weighted by Crippen LogP contribution is 2.80. The van der Waals surface area contributed by atoms with Gasteiger partial charge in [0.2, 0.25) is 0 Å². The molecule has 3 aliphatic rings. The van der Waals surface area contributed by atoms with Crippen LogP contribution in [0.15, 0.2) is 0 Å². The number of carbonyl (C=O) groups is 1. The maximum Gasteiger partial charge on any atom is 0.136 e. The molecule has 1 spiro atoms. The van der Waals surface area contributed by atoms with Gasteiger partial charge in [-0.2, -0.15) is 0 Å². The van der Waals surface area contributed by atoms with Gasteiger partial charge in [0.15, 0.2) is 0 Å². The van der Waals surface area contributed by atoms with E-state index in [0.717, 1.165) is 6.42 Å². The van der Waals surface area contributed by atoms with Gasteiger partial charge in [0.1, 0.15) is 5.78 Å². The lowest BCUT2D eigenvalue weighted by Gasteiger charge is -2.55. The maximum absolute atomic E-state index is 12.1. The first-order chi connectivity index (χ1) is 7.34. The Hall–Kier alpha value is -0.330. The Morgan fingerprint density at radius 3 is 2.56 bits per heavy atom. The van der Waals surface area contributed by atoms with Gasteiger partial charge in [-0.1, -0.05) is 34.1 Å². The van der Waals surface area contributed by atoms with Crippen LogP contribution < -0.4 is 0 Å². The molecule has 0 amide bonds. The van der Waals surface area contributed by atoms with E-state index in [2.05, 4.69) is 27.7 Å². The van der Waals surface area contributed by atoms with Crippen LogP contribution in [0.25, 0.3) is 0 Å². The first kappa shape index (κ1) is 10.8. The van der Waals surface area contributed by atoms with Crippen molar-refractivity contribution in [1.82, 2.24) is 0 Å². The van der Waals surface area contributed by atoms with E-state index in [9.17, 15) is 4.79 Å². The molecular weight excluding hydrogens is 196 g/mol. The summed E-state index contributed by atoms with van der Waals surface area (Å²) < 4.78 is 0. The van der Waals surface area contributed by atoms with Gasteiger partial charge < -0.3 is 0 Å². The van der Waals surface area contributed by atoms with Gasteiger partial charge >= 0.3 is 0 Å². The Bertz CT molecular complexity index is 356. The monoisotopic (exact) mass is 220 g/mol. The fraction of sp³-hybridized carbons (Fsp3) is 0.933. The molecule has 0 heterocycles. The first-order valence-electron chi connectivity index (χ1n) is 6.87. The predicted molar refractivity (Wildman–Crippen MR) is 65.1 cm³/mol. The minimum atomic E-state index is 0.322. The third-order valence-electron chi connectivity index (χ3n) is 6.51. The van der Waals surface area contributed by atoms with E-state index in [-0.39, 0.29) is 0 Å². The van der Waals surface area contributed by atoms with Crippen LogP contribution in [0.3, 0.4) is 0 Å². The number of carbonyl (C=O) groups excluding carboxylic acids is 1. The van der Waals surface area contributed by atoms with E-state index in [1.165, 1.54) is 25.7 Å². The van der Waals surface area contributed by atoms with Gasteiger partial charge in [-0.15, -0.1) is 0 Å². The Morgan fingerprint density at radius 2 is 1.88 bits per heavy atom. The zero-order valence-electron chi connectivity index (χ0n) is 11.1. The summed E-state index contributed by atoms with van der Waals surface area (Å²) in [4.78, 5) is 12.1. The third-order valence-corrected chi connectivity index (χ3v) is 6.51. The summed E-state index contributed by atoms with van der Waals surface area (Å²) in [5.41, 5.74) is 1.29. The average molecular weight is 220 g/mol. The highest BCUT2D eigenvalue weighted by Gasteiger charge is 2.75. The summed E-state index contributed by atoms with van der Waals surface area (Å²) in [6, 6.07) is 0. The van der Waals surface area contributed by atoms with Crippen LogP contribution in [0, 0.1) is 28.1 Å². The molecule has 1 heteroatoms. The van der Waals surface area contributed by atoms with Crippen molar-refractivity contribution >= 4 is 5.78 Å². The largest absolute Gasteiger partial charge is 0.299 e. The molecule has 1 unspecified atom stereocenters. The van der Waals surface area contributed by atoms with Crippen LogP contribution in [-0.4, -0.2) is 5.78 Å². The van der Waals surface area contributed by atoms with E-state index in [4.69, 9.17) is 0 Å². The van der Waals surface area contributed by atoms with Crippen molar-refractivity contribution in [2.45, 2.75) is 59.8 Å². The highest BCUT2D eigenvalue weighted by atomic mass is 16.1. The molecule has 3 saturated carbocycles. The SMILES string of the molecule is C[C@@H]1C(=O)C[C@]2(C)CCCC(C)(C)[C@@]23CC13. The van der Waals surface area contributed by atoms with Crippen molar-refractivity contribution in [2.75, 3.05) is 0 Å². The third kappa shape index (κ3) is 0.966. The molecule has 0 bridgehead atoms. The minimum absolute atomic E-state index is 0.322. The van der Waals surface area contributed by atoms with Crippen LogP contribution in [0.2, 0.25) is 0 Å². The average Bonchev–Trinajstić information content (AvgIpc) is 2.89. The second kappa shape index (κ2) is 2.73. The Labute approximate surface area is 99.0 Å². The predicted octanol–water partition coefficient (Wildman–Crippen LogP) is 3.82. The summed E-state index contributed by atoms with van der Waals surface area (Å²) >= 11 is 0. The fourth-order valence-electron chi connectivity index (χ4n) is 5.56. The second-order valence-corrected chi connectivity index (χ2v) is 7.51. The van der Waals surface area contributed by atoms with Crippen LogP contribution in [-0.2, 0) is 4.79 Å². The Kier molecular flexibility index (Phi) is 1.85. The lowest BCUT2D eigenvalue weighted by Crippen LogP contribution is -2.50. The van der Waals surface area contributed by atoms with Crippen molar-refractivity contribution in [1.29, 1.82) is 0 Å². The lowest BCUT2D eigenvalue weighted by molar-refractivity contribution is -0.139. The normalized spacial score (nSPS) is 54.1. The molecule has 90 valence electrons. The molecule has 4 atom stereocenters. The quantitative estimate of drug-likeness (QED) is 0.606. The van der Waals surface area contributed by atoms with Gasteiger partial charge in [-0.05, 0) is 41.4 Å². The number of Topliss-reactive ketones (excluding diaryl/α,β-unsaturated/α-hetero) is 1. The van der Waals surface area contributed by atoms with Crippen LogP contribution in [0.4, 0.5) is 0 Å².